The molecule has 0 N–H and O–H groups in total. The Kier molecular flexibility index (Phi) is 3.41. The van der Waals surface area contributed by atoms with Crippen molar-refractivity contribution in [3.63, 3.8) is 0 Å². The van der Waals surface area contributed by atoms with E-state index >= 15 is 0 Å². The fourth-order valence-electron chi connectivity index (χ4n) is 2.22. The van der Waals surface area contributed by atoms with E-state index in [4.69, 9.17) is 11.6 Å². The first-order valence-electron chi connectivity index (χ1n) is 5.80. The fourth-order valence-corrected chi connectivity index (χ4v) is 3.75. The van der Waals surface area contributed by atoms with Gasteiger partial charge in [-0.05, 0) is 54.8 Å². The zero-order chi connectivity index (χ0) is 11.9. The first-order valence-corrected chi connectivity index (χ1v) is 6.99. The minimum Gasteiger partial charge on any atom is -0.281 e. The fraction of sp³-hybridized carbons (Fsp3) is 0.615. The van der Waals surface area contributed by atoms with E-state index in [9.17, 15) is 4.79 Å². The Bertz CT molecular complexity index is 385. The Labute approximate surface area is 106 Å². The molecule has 0 aliphatic heterocycles. The van der Waals surface area contributed by atoms with E-state index < -0.39 is 0 Å². The molecular formula is C13H17ClOS. The van der Waals surface area contributed by atoms with Gasteiger partial charge in [0.1, 0.15) is 0 Å². The van der Waals surface area contributed by atoms with Crippen LogP contribution in [0, 0.1) is 11.8 Å². The molecule has 0 fully saturated rings. The number of halogens is 1. The molecule has 1 nitrogen and oxygen atoms in total. The van der Waals surface area contributed by atoms with Gasteiger partial charge >= 0.3 is 0 Å². The monoisotopic (exact) mass is 256 g/mol. The summed E-state index contributed by atoms with van der Waals surface area (Å²) in [7, 11) is 0. The molecule has 1 aromatic rings. The summed E-state index contributed by atoms with van der Waals surface area (Å²) in [5.74, 6) is 1.39. The number of hydrogen-bond donors (Lipinski definition) is 0. The van der Waals surface area contributed by atoms with Gasteiger partial charge in [0.15, 0.2) is 0 Å². The number of carbonyl (C=O) groups excluding carboxylic acids is 1. The van der Waals surface area contributed by atoms with Crippen molar-refractivity contribution < 1.29 is 4.79 Å². The highest BCUT2D eigenvalue weighted by atomic mass is 35.5. The van der Waals surface area contributed by atoms with E-state index in [1.807, 2.05) is 6.92 Å². The second-order valence-corrected chi connectivity index (χ2v) is 6.58. The van der Waals surface area contributed by atoms with Crippen LogP contribution in [0.3, 0.4) is 0 Å². The summed E-state index contributed by atoms with van der Waals surface area (Å²) in [6.07, 6.45) is 2.35. The quantitative estimate of drug-likeness (QED) is 0.748. The third-order valence-corrected chi connectivity index (χ3v) is 5.27. The molecule has 2 unspecified atom stereocenters. The molecule has 16 heavy (non-hydrogen) atoms. The lowest BCUT2D eigenvalue weighted by Gasteiger charge is -2.13. The van der Waals surface area contributed by atoms with Crippen molar-refractivity contribution in [3.05, 3.63) is 21.4 Å². The van der Waals surface area contributed by atoms with Crippen LogP contribution in [0.5, 0.6) is 0 Å². The summed E-state index contributed by atoms with van der Waals surface area (Å²) in [5.41, 5.74) is 1.45. The van der Waals surface area contributed by atoms with Gasteiger partial charge in [-0.15, -0.1) is 11.3 Å². The Morgan fingerprint density at radius 3 is 2.62 bits per heavy atom. The largest absolute Gasteiger partial charge is 0.281 e. The second kappa shape index (κ2) is 4.50. The predicted octanol–water partition coefficient (Wildman–Crippen LogP) is 3.99. The van der Waals surface area contributed by atoms with Crippen molar-refractivity contribution in [2.75, 3.05) is 0 Å². The van der Waals surface area contributed by atoms with Crippen LogP contribution in [-0.4, -0.2) is 5.24 Å². The molecule has 0 amide bonds. The SMILES string of the molecule is CC(C(=O)Cl)c1cc2c(s1)CC(C(C)C)C2. The Hall–Kier alpha value is -0.340. The van der Waals surface area contributed by atoms with Gasteiger partial charge in [0.2, 0.25) is 5.24 Å². The lowest BCUT2D eigenvalue weighted by Crippen LogP contribution is -2.08. The molecule has 3 heteroatoms. The zero-order valence-corrected chi connectivity index (χ0v) is 11.5. The topological polar surface area (TPSA) is 17.1 Å². The number of fused-ring (bicyclic) bond motifs is 1. The Morgan fingerprint density at radius 2 is 2.12 bits per heavy atom. The molecule has 2 rings (SSSR count). The minimum absolute atomic E-state index is 0.144. The van der Waals surface area contributed by atoms with E-state index in [-0.39, 0.29) is 11.2 Å². The van der Waals surface area contributed by atoms with E-state index in [1.165, 1.54) is 23.3 Å². The van der Waals surface area contributed by atoms with Gasteiger partial charge in [0.05, 0.1) is 5.92 Å². The van der Waals surface area contributed by atoms with E-state index in [0.29, 0.717) is 0 Å². The maximum Gasteiger partial charge on any atom is 0.229 e. The van der Waals surface area contributed by atoms with Crippen LogP contribution in [0.4, 0.5) is 0 Å². The maximum atomic E-state index is 11.1. The van der Waals surface area contributed by atoms with Crippen molar-refractivity contribution >= 4 is 28.2 Å². The van der Waals surface area contributed by atoms with Gasteiger partial charge in [0, 0.05) is 9.75 Å². The molecule has 1 aliphatic rings. The smallest absolute Gasteiger partial charge is 0.229 e. The van der Waals surface area contributed by atoms with Crippen LogP contribution in [0.25, 0.3) is 0 Å². The lowest BCUT2D eigenvalue weighted by molar-refractivity contribution is -0.112. The first-order chi connectivity index (χ1) is 7.49. The molecule has 0 saturated carbocycles. The van der Waals surface area contributed by atoms with Gasteiger partial charge in [-0.2, -0.15) is 0 Å². The number of rotatable bonds is 3. The average molecular weight is 257 g/mol. The molecule has 2 atom stereocenters. The highest BCUT2D eigenvalue weighted by Gasteiger charge is 2.28. The van der Waals surface area contributed by atoms with Crippen molar-refractivity contribution in [2.45, 2.75) is 39.5 Å². The van der Waals surface area contributed by atoms with E-state index in [2.05, 4.69) is 19.9 Å². The molecule has 0 aromatic carbocycles. The minimum atomic E-state index is -0.250. The third-order valence-electron chi connectivity index (χ3n) is 3.56. The molecule has 0 spiro atoms. The summed E-state index contributed by atoms with van der Waals surface area (Å²) in [6.45, 7) is 6.45. The van der Waals surface area contributed by atoms with E-state index in [1.54, 1.807) is 11.3 Å². The van der Waals surface area contributed by atoms with Gasteiger partial charge < -0.3 is 0 Å². The predicted molar refractivity (Wildman–Crippen MR) is 69.3 cm³/mol. The Morgan fingerprint density at radius 1 is 1.44 bits per heavy atom. The van der Waals surface area contributed by atoms with E-state index in [0.717, 1.165) is 16.7 Å². The lowest BCUT2D eigenvalue weighted by atomic mass is 9.93. The number of carbonyl (C=O) groups is 1. The van der Waals surface area contributed by atoms with Crippen LogP contribution >= 0.6 is 22.9 Å². The molecular weight excluding hydrogens is 240 g/mol. The zero-order valence-electron chi connectivity index (χ0n) is 9.92. The van der Waals surface area contributed by atoms with Crippen LogP contribution < -0.4 is 0 Å². The molecule has 1 aliphatic carbocycles. The molecule has 0 radical (unpaired) electrons. The van der Waals surface area contributed by atoms with Gasteiger partial charge in [0.25, 0.3) is 0 Å². The maximum absolute atomic E-state index is 11.1. The van der Waals surface area contributed by atoms with Crippen LogP contribution in [0.1, 0.15) is 42.0 Å². The number of hydrogen-bond acceptors (Lipinski definition) is 2. The van der Waals surface area contributed by atoms with Crippen LogP contribution in [0.15, 0.2) is 6.07 Å². The summed E-state index contributed by atoms with van der Waals surface area (Å²) in [5, 5.41) is -0.250. The van der Waals surface area contributed by atoms with Crippen LogP contribution in [-0.2, 0) is 17.6 Å². The van der Waals surface area contributed by atoms with Gasteiger partial charge in [-0.3, -0.25) is 4.79 Å². The summed E-state index contributed by atoms with van der Waals surface area (Å²) in [4.78, 5) is 13.7. The molecule has 0 bridgehead atoms. The molecule has 0 saturated heterocycles. The molecule has 1 heterocycles. The van der Waals surface area contributed by atoms with Crippen LogP contribution in [0.2, 0.25) is 0 Å². The first kappa shape index (κ1) is 12.1. The van der Waals surface area contributed by atoms with Crippen molar-refractivity contribution in [1.29, 1.82) is 0 Å². The molecule has 1 aromatic heterocycles. The summed E-state index contributed by atoms with van der Waals surface area (Å²) in [6, 6.07) is 2.19. The molecule has 88 valence electrons. The highest BCUT2D eigenvalue weighted by Crippen LogP contribution is 2.39. The van der Waals surface area contributed by atoms with Crippen molar-refractivity contribution in [3.8, 4) is 0 Å². The number of thiophene rings is 1. The van der Waals surface area contributed by atoms with Gasteiger partial charge in [-0.1, -0.05) is 13.8 Å². The average Bonchev–Trinajstić information content (AvgIpc) is 2.72. The van der Waals surface area contributed by atoms with Crippen molar-refractivity contribution in [1.82, 2.24) is 0 Å². The second-order valence-electron chi connectivity index (χ2n) is 5.04. The van der Waals surface area contributed by atoms with Crippen molar-refractivity contribution in [2.24, 2.45) is 11.8 Å². The standard InChI is InChI=1S/C13H17ClOS/c1-7(2)9-4-10-6-11(8(3)13(14)15)16-12(10)5-9/h6-9H,4-5H2,1-3H3. The van der Waals surface area contributed by atoms with Gasteiger partial charge in [-0.25, -0.2) is 0 Å². The Balaban J connectivity index is 2.16. The third kappa shape index (κ3) is 2.18. The summed E-state index contributed by atoms with van der Waals surface area (Å²) >= 11 is 7.31. The summed E-state index contributed by atoms with van der Waals surface area (Å²) < 4.78 is 0. The highest BCUT2D eigenvalue weighted by molar-refractivity contribution is 7.12. The normalized spacial score (nSPS) is 21.2.